The quantitative estimate of drug-likeness (QED) is 0.0473. The number of pyridine rings is 2. The maximum absolute atomic E-state index is 12.8. The van der Waals surface area contributed by atoms with E-state index in [1.807, 2.05) is 157 Å². The number of ketones is 2. The van der Waals surface area contributed by atoms with Crippen LogP contribution in [-0.2, 0) is 23.7 Å². The fourth-order valence-electron chi connectivity index (χ4n) is 6.40. The number of nitrogen functional groups attached to an aromatic ring is 2. The summed E-state index contributed by atoms with van der Waals surface area (Å²) in [6, 6.07) is 32.3. The summed E-state index contributed by atoms with van der Waals surface area (Å²) >= 11 is 0. The maximum Gasteiger partial charge on any atom is 0.320 e. The van der Waals surface area contributed by atoms with Gasteiger partial charge in [0.25, 0.3) is 0 Å². The van der Waals surface area contributed by atoms with Crippen molar-refractivity contribution < 1.29 is 63.3 Å². The number of carbonyl (C=O) groups excluding carboxylic acids is 2. The third-order valence-electron chi connectivity index (χ3n) is 9.81. The molecule has 10 N–H and O–H groups in total. The number of nitrogens with zero attached hydrogens (tertiary/aromatic N) is 2. The number of carboxylic acids is 2. The third-order valence-corrected chi connectivity index (χ3v) is 9.81. The Bertz CT molecular complexity index is 2370. The second kappa shape index (κ2) is 22.1. The van der Waals surface area contributed by atoms with Crippen LogP contribution in [0.5, 0.6) is 0 Å². The number of aryl methyl sites for hydroxylation is 2. The molecule has 0 spiro atoms. The third kappa shape index (κ3) is 12.3. The molecule has 14 heteroatoms. The zero-order chi connectivity index (χ0) is 41.9. The van der Waals surface area contributed by atoms with E-state index in [1.54, 1.807) is 0 Å². The van der Waals surface area contributed by atoms with E-state index in [2.05, 4.69) is 0 Å². The van der Waals surface area contributed by atoms with E-state index in [1.165, 1.54) is 0 Å². The predicted molar refractivity (Wildman–Crippen MR) is 228 cm³/mol. The predicted octanol–water partition coefficient (Wildman–Crippen LogP) is -0.409. The van der Waals surface area contributed by atoms with Crippen LogP contribution in [0.15, 0.2) is 109 Å². The number of aromatic nitrogens is 2. The molecule has 0 unspecified atom stereocenters. The lowest BCUT2D eigenvalue weighted by Crippen LogP contribution is -3.00. The van der Waals surface area contributed by atoms with E-state index in [4.69, 9.17) is 33.1 Å². The van der Waals surface area contributed by atoms with Gasteiger partial charge >= 0.3 is 11.9 Å². The molecule has 4 aromatic carbocycles. The zero-order valence-corrected chi connectivity index (χ0v) is 34.7. The number of halogens is 2. The van der Waals surface area contributed by atoms with Crippen LogP contribution < -0.4 is 56.9 Å². The molecule has 2 heterocycles. The molecule has 60 heavy (non-hydrogen) atoms. The molecular formula is C46H48Cl2N6O6. The summed E-state index contributed by atoms with van der Waals surface area (Å²) < 4.78 is 3.68. The number of hydrogen-bond donors (Lipinski definition) is 6. The molecule has 0 aliphatic heterocycles. The molecular weight excluding hydrogens is 803 g/mol. The lowest BCUT2D eigenvalue weighted by molar-refractivity contribution is -0.647. The topological polar surface area (TPSA) is 221 Å². The zero-order valence-electron chi connectivity index (χ0n) is 33.2. The Morgan fingerprint density at radius 2 is 0.883 bits per heavy atom. The van der Waals surface area contributed by atoms with Crippen molar-refractivity contribution in [2.45, 2.75) is 37.8 Å². The number of Topliss-reactive ketones (excluding diaryl/α,β-unsaturated/α-hetero) is 2. The average Bonchev–Trinajstić information content (AvgIpc) is 3.22. The van der Waals surface area contributed by atoms with Crippen molar-refractivity contribution in [1.82, 2.24) is 0 Å². The number of aliphatic carboxylic acids is 2. The van der Waals surface area contributed by atoms with Gasteiger partial charge in [0.15, 0.2) is 0 Å². The minimum absolute atomic E-state index is 0. The van der Waals surface area contributed by atoms with Crippen molar-refractivity contribution in [1.29, 1.82) is 0 Å². The molecule has 6 rings (SSSR count). The number of benzene rings is 4. The second-order valence-electron chi connectivity index (χ2n) is 13.9. The number of nitrogens with two attached hydrogens (primary N) is 4. The summed E-state index contributed by atoms with van der Waals surface area (Å²) in [6.45, 7) is 0. The Morgan fingerprint density at radius 1 is 0.550 bits per heavy atom. The van der Waals surface area contributed by atoms with Crippen molar-refractivity contribution in [3.05, 3.63) is 143 Å². The molecule has 2 atom stereocenters. The van der Waals surface area contributed by atoms with Gasteiger partial charge in [-0.15, -0.1) is 0 Å². The number of hydrogen-bond acceptors (Lipinski definition) is 8. The van der Waals surface area contributed by atoms with Gasteiger partial charge in [-0.25, -0.2) is 0 Å². The van der Waals surface area contributed by atoms with Crippen LogP contribution in [0.1, 0.15) is 68.9 Å². The smallest absolute Gasteiger partial charge is 0.320 e. The van der Waals surface area contributed by atoms with Crippen LogP contribution in [0.4, 0.5) is 11.4 Å². The Balaban J connectivity index is 0.000000310. The van der Waals surface area contributed by atoms with E-state index in [-0.39, 0.29) is 62.1 Å². The van der Waals surface area contributed by atoms with Crippen molar-refractivity contribution >= 4 is 81.0 Å². The number of carbonyl (C=O) groups is 4. The molecule has 0 bridgehead atoms. The molecule has 12 nitrogen and oxygen atoms in total. The van der Waals surface area contributed by atoms with E-state index >= 15 is 0 Å². The van der Waals surface area contributed by atoms with Gasteiger partial charge in [-0.1, -0.05) is 72.8 Å². The summed E-state index contributed by atoms with van der Waals surface area (Å²) in [5.74, 6) is -2.49. The molecule has 0 aliphatic carbocycles. The highest BCUT2D eigenvalue weighted by molar-refractivity contribution is 5.99. The summed E-state index contributed by atoms with van der Waals surface area (Å²) in [5.41, 5.74) is 30.6. The standard InChI is InChI=1S/2C23H23N3O3.2ClH/c2*1-26-20-5-3-2-4-18(20)16(9-6-15-7-10-17(24)11-8-15)14-21(26)22(27)13-12-19(25)23(28)29;;/h2*2-11,14,19,24H,12-13,25H2,1H3,(H,28,29);2*1H/t2*19-;;/m00../s1. The molecule has 2 aromatic heterocycles. The van der Waals surface area contributed by atoms with Crippen molar-refractivity contribution in [2.75, 3.05) is 11.5 Å². The first-order valence-electron chi connectivity index (χ1n) is 18.7. The number of rotatable bonds is 14. The molecule has 6 aromatic rings. The largest absolute Gasteiger partial charge is 1.00 e. The lowest BCUT2D eigenvalue weighted by atomic mass is 10.0. The second-order valence-corrected chi connectivity index (χ2v) is 13.9. The van der Waals surface area contributed by atoms with Crippen LogP contribution in [0.3, 0.4) is 0 Å². The van der Waals surface area contributed by atoms with Gasteiger partial charge in [0.1, 0.15) is 26.2 Å². The first-order chi connectivity index (χ1) is 27.7. The van der Waals surface area contributed by atoms with Crippen molar-refractivity contribution in [3.63, 3.8) is 0 Å². The Kier molecular flexibility index (Phi) is 17.6. The fraction of sp³-hybridized carbons (Fsp3) is 0.174. The van der Waals surface area contributed by atoms with Gasteiger partial charge in [-0.2, -0.15) is 9.13 Å². The molecule has 0 fully saturated rings. The van der Waals surface area contributed by atoms with Crippen LogP contribution in [-0.4, -0.2) is 45.8 Å². The fourth-order valence-corrected chi connectivity index (χ4v) is 6.40. The number of para-hydroxylation sites is 2. The van der Waals surface area contributed by atoms with Gasteiger partial charge in [0.2, 0.25) is 34.0 Å². The summed E-state index contributed by atoms with van der Waals surface area (Å²) in [5, 5.41) is 19.9. The van der Waals surface area contributed by atoms with Crippen molar-refractivity contribution in [3.8, 4) is 0 Å². The lowest BCUT2D eigenvalue weighted by Gasteiger charge is -2.08. The van der Waals surface area contributed by atoms with Gasteiger partial charge in [-0.3, -0.25) is 19.2 Å². The van der Waals surface area contributed by atoms with Crippen LogP contribution in [0.25, 0.3) is 46.1 Å². The van der Waals surface area contributed by atoms with Crippen LogP contribution >= 0.6 is 0 Å². The SMILES string of the molecule is C[n+]1c(C(=O)CC[C@H](N)C(=O)O)cc(C=Cc2ccc(N)cc2)c2ccccc21.C[n+]1c(C(=O)CC[C@H](N)C(=O)O)cc(C=Cc2ccc(N)cc2)c2ccccc21.[Cl-].[Cl-]. The number of anilines is 2. The number of fused-ring (bicyclic) bond motifs is 2. The van der Waals surface area contributed by atoms with Gasteiger partial charge < -0.3 is 58.0 Å². The normalized spacial score (nSPS) is 11.9. The first kappa shape index (κ1) is 47.9. The highest BCUT2D eigenvalue weighted by Gasteiger charge is 2.25. The maximum atomic E-state index is 12.8. The minimum atomic E-state index is -1.10. The first-order valence-corrected chi connectivity index (χ1v) is 18.7. The van der Waals surface area contributed by atoms with Crippen LogP contribution in [0, 0.1) is 0 Å². The highest BCUT2D eigenvalue weighted by atomic mass is 35.5. The number of carboxylic acid groups (broad SMARTS) is 2. The Morgan fingerprint density at radius 3 is 1.22 bits per heavy atom. The summed E-state index contributed by atoms with van der Waals surface area (Å²) in [4.78, 5) is 47.4. The van der Waals surface area contributed by atoms with Gasteiger partial charge in [0.05, 0.1) is 10.8 Å². The minimum Gasteiger partial charge on any atom is -1.00 e. The molecule has 312 valence electrons. The molecule has 0 aliphatic rings. The van der Waals surface area contributed by atoms with Gasteiger partial charge in [-0.05, 0) is 71.5 Å². The molecule has 0 saturated heterocycles. The average molecular weight is 852 g/mol. The van der Waals surface area contributed by atoms with E-state index < -0.39 is 24.0 Å². The Hall–Kier alpha value is -6.44. The Labute approximate surface area is 360 Å². The summed E-state index contributed by atoms with van der Waals surface area (Å²) in [6.07, 6.45) is 8.20. The van der Waals surface area contributed by atoms with Crippen molar-refractivity contribution in [2.24, 2.45) is 25.6 Å². The van der Waals surface area contributed by atoms with Gasteiger partial charge in [0, 0.05) is 48.5 Å². The molecule has 0 saturated carbocycles. The van der Waals surface area contributed by atoms with E-state index in [0.717, 1.165) is 44.1 Å². The summed E-state index contributed by atoms with van der Waals surface area (Å²) in [7, 11) is 3.67. The highest BCUT2D eigenvalue weighted by Crippen LogP contribution is 2.23. The van der Waals surface area contributed by atoms with Crippen LogP contribution in [0.2, 0.25) is 0 Å². The van der Waals surface area contributed by atoms with E-state index in [0.29, 0.717) is 22.8 Å². The monoisotopic (exact) mass is 850 g/mol. The molecule has 0 radical (unpaired) electrons. The van der Waals surface area contributed by atoms with E-state index in [9.17, 15) is 19.2 Å². The molecule has 0 amide bonds.